The summed E-state index contributed by atoms with van der Waals surface area (Å²) in [4.78, 5) is 13.3. The predicted molar refractivity (Wildman–Crippen MR) is 65.3 cm³/mol. The number of hydrogen-bond acceptors (Lipinski definition) is 2. The number of nitrogens with zero attached hydrogens (tertiary/aromatic N) is 1. The lowest BCUT2D eigenvalue weighted by molar-refractivity contribution is -0.114. The maximum Gasteiger partial charge on any atom is 0.246 e. The predicted octanol–water partition coefficient (Wildman–Crippen LogP) is 1.62. The fourth-order valence-electron chi connectivity index (χ4n) is 1.90. The molecule has 1 aromatic rings. The molecule has 0 saturated carbocycles. The molecule has 1 aliphatic rings. The average molecular weight is 216 g/mol. The molecular weight excluding hydrogens is 200 g/mol. The Morgan fingerprint density at radius 3 is 2.62 bits per heavy atom. The van der Waals surface area contributed by atoms with Gasteiger partial charge in [0.1, 0.15) is 0 Å². The molecule has 1 aromatic carbocycles. The molecule has 2 N–H and O–H groups in total. The second-order valence-corrected chi connectivity index (χ2v) is 4.14. The van der Waals surface area contributed by atoms with E-state index in [9.17, 15) is 4.79 Å². The molecule has 1 amide bonds. The standard InChI is InChI=1S/C13H16N2O/c1-10-4-6-12(7-5-10)15-8-2-3-11(9-15)13(14)16/h3-7H,2,8-9H2,1H3,(H2,14,16). The van der Waals surface area contributed by atoms with E-state index in [1.54, 1.807) is 0 Å². The zero-order valence-electron chi connectivity index (χ0n) is 9.44. The van der Waals surface area contributed by atoms with Gasteiger partial charge in [0.05, 0.1) is 0 Å². The van der Waals surface area contributed by atoms with Gasteiger partial charge < -0.3 is 10.6 Å². The van der Waals surface area contributed by atoms with E-state index < -0.39 is 0 Å². The van der Waals surface area contributed by atoms with Crippen LogP contribution in [0.15, 0.2) is 35.9 Å². The Morgan fingerprint density at radius 2 is 2.00 bits per heavy atom. The molecule has 0 spiro atoms. The minimum absolute atomic E-state index is 0.309. The summed E-state index contributed by atoms with van der Waals surface area (Å²) in [6.45, 7) is 3.63. The highest BCUT2D eigenvalue weighted by Gasteiger charge is 2.16. The number of amides is 1. The summed E-state index contributed by atoms with van der Waals surface area (Å²) in [6.07, 6.45) is 2.82. The van der Waals surface area contributed by atoms with Crippen LogP contribution in [0.3, 0.4) is 0 Å². The van der Waals surface area contributed by atoms with E-state index in [1.807, 2.05) is 6.08 Å². The molecule has 0 aromatic heterocycles. The Hall–Kier alpha value is -1.77. The molecule has 0 atom stereocenters. The molecule has 0 unspecified atom stereocenters. The van der Waals surface area contributed by atoms with E-state index in [2.05, 4.69) is 36.1 Å². The highest BCUT2D eigenvalue weighted by Crippen LogP contribution is 2.19. The van der Waals surface area contributed by atoms with Crippen molar-refractivity contribution in [2.24, 2.45) is 5.73 Å². The fourth-order valence-corrected chi connectivity index (χ4v) is 1.90. The number of primary amides is 1. The number of nitrogens with two attached hydrogens (primary N) is 1. The topological polar surface area (TPSA) is 46.3 Å². The maximum atomic E-state index is 11.1. The third kappa shape index (κ3) is 2.24. The number of benzene rings is 1. The highest BCUT2D eigenvalue weighted by atomic mass is 16.1. The van der Waals surface area contributed by atoms with Crippen LogP contribution in [0.5, 0.6) is 0 Å². The molecule has 1 aliphatic heterocycles. The lowest BCUT2D eigenvalue weighted by Crippen LogP contribution is -2.34. The van der Waals surface area contributed by atoms with Gasteiger partial charge in [-0.25, -0.2) is 0 Å². The summed E-state index contributed by atoms with van der Waals surface area (Å²) >= 11 is 0. The molecule has 16 heavy (non-hydrogen) atoms. The van der Waals surface area contributed by atoms with Crippen molar-refractivity contribution in [3.05, 3.63) is 41.5 Å². The van der Waals surface area contributed by atoms with Gasteiger partial charge >= 0.3 is 0 Å². The van der Waals surface area contributed by atoms with Gasteiger partial charge in [-0.1, -0.05) is 23.8 Å². The second kappa shape index (κ2) is 4.39. The van der Waals surface area contributed by atoms with E-state index in [0.29, 0.717) is 12.1 Å². The molecule has 1 heterocycles. The largest absolute Gasteiger partial charge is 0.367 e. The van der Waals surface area contributed by atoms with Gasteiger partial charge in [-0.05, 0) is 25.5 Å². The van der Waals surface area contributed by atoms with Crippen LogP contribution in [0.4, 0.5) is 5.69 Å². The molecule has 3 nitrogen and oxygen atoms in total. The molecule has 0 aliphatic carbocycles. The minimum atomic E-state index is -0.309. The van der Waals surface area contributed by atoms with Gasteiger partial charge in [0.15, 0.2) is 0 Å². The molecule has 0 saturated heterocycles. The Kier molecular flexibility index (Phi) is 2.95. The van der Waals surface area contributed by atoms with Crippen molar-refractivity contribution in [1.29, 1.82) is 0 Å². The van der Waals surface area contributed by atoms with Crippen molar-refractivity contribution >= 4 is 11.6 Å². The van der Waals surface area contributed by atoms with Crippen LogP contribution in [0.1, 0.15) is 12.0 Å². The highest BCUT2D eigenvalue weighted by molar-refractivity contribution is 5.93. The quantitative estimate of drug-likeness (QED) is 0.816. The molecule has 0 bridgehead atoms. The third-order valence-corrected chi connectivity index (χ3v) is 2.87. The summed E-state index contributed by atoms with van der Waals surface area (Å²) in [5.74, 6) is -0.309. The van der Waals surface area contributed by atoms with Gasteiger partial charge in [0.2, 0.25) is 5.91 Å². The summed E-state index contributed by atoms with van der Waals surface area (Å²) < 4.78 is 0. The Balaban J connectivity index is 2.15. The van der Waals surface area contributed by atoms with Crippen molar-refractivity contribution in [1.82, 2.24) is 0 Å². The number of aryl methyl sites for hydroxylation is 1. The fraction of sp³-hybridized carbons (Fsp3) is 0.308. The van der Waals surface area contributed by atoms with Crippen molar-refractivity contribution in [2.45, 2.75) is 13.3 Å². The van der Waals surface area contributed by atoms with Crippen molar-refractivity contribution in [3.8, 4) is 0 Å². The number of rotatable bonds is 2. The van der Waals surface area contributed by atoms with E-state index >= 15 is 0 Å². The first kappa shape index (κ1) is 10.7. The normalized spacial score (nSPS) is 15.8. The third-order valence-electron chi connectivity index (χ3n) is 2.87. The van der Waals surface area contributed by atoms with Crippen LogP contribution >= 0.6 is 0 Å². The number of carbonyl (C=O) groups excluding carboxylic acids is 1. The molecule has 3 heteroatoms. The lowest BCUT2D eigenvalue weighted by atomic mass is 10.1. The number of hydrogen-bond donors (Lipinski definition) is 1. The van der Waals surface area contributed by atoms with E-state index in [4.69, 9.17) is 5.73 Å². The number of anilines is 1. The molecule has 0 radical (unpaired) electrons. The smallest absolute Gasteiger partial charge is 0.246 e. The van der Waals surface area contributed by atoms with Gasteiger partial charge in [0, 0.05) is 24.4 Å². The van der Waals surface area contributed by atoms with E-state index in [-0.39, 0.29) is 5.91 Å². The SMILES string of the molecule is Cc1ccc(N2CCC=C(C(N)=O)C2)cc1. The van der Waals surface area contributed by atoms with Gasteiger partial charge in [0.25, 0.3) is 0 Å². The molecular formula is C13H16N2O. The second-order valence-electron chi connectivity index (χ2n) is 4.14. The van der Waals surface area contributed by atoms with Gasteiger partial charge in [-0.2, -0.15) is 0 Å². The molecule has 2 rings (SSSR count). The van der Waals surface area contributed by atoms with Crippen LogP contribution in [-0.2, 0) is 4.79 Å². The van der Waals surface area contributed by atoms with Crippen LogP contribution in [0.25, 0.3) is 0 Å². The lowest BCUT2D eigenvalue weighted by Gasteiger charge is -2.28. The summed E-state index contributed by atoms with van der Waals surface area (Å²) in [7, 11) is 0. The minimum Gasteiger partial charge on any atom is -0.367 e. The number of carbonyl (C=O) groups is 1. The summed E-state index contributed by atoms with van der Waals surface area (Å²) in [5, 5.41) is 0. The summed E-state index contributed by atoms with van der Waals surface area (Å²) in [6, 6.07) is 8.33. The van der Waals surface area contributed by atoms with Crippen molar-refractivity contribution in [3.63, 3.8) is 0 Å². The molecule has 84 valence electrons. The van der Waals surface area contributed by atoms with E-state index in [1.165, 1.54) is 5.56 Å². The van der Waals surface area contributed by atoms with E-state index in [0.717, 1.165) is 18.7 Å². The first-order valence-electron chi connectivity index (χ1n) is 5.47. The first-order valence-corrected chi connectivity index (χ1v) is 5.47. The Morgan fingerprint density at radius 1 is 1.31 bits per heavy atom. The molecule has 0 fully saturated rings. The maximum absolute atomic E-state index is 11.1. The van der Waals surface area contributed by atoms with Crippen LogP contribution in [-0.4, -0.2) is 19.0 Å². The zero-order chi connectivity index (χ0) is 11.5. The van der Waals surface area contributed by atoms with Crippen molar-refractivity contribution < 1.29 is 4.79 Å². The van der Waals surface area contributed by atoms with Gasteiger partial charge in [-0.3, -0.25) is 4.79 Å². The summed E-state index contributed by atoms with van der Waals surface area (Å²) in [5.41, 5.74) is 8.40. The van der Waals surface area contributed by atoms with Crippen LogP contribution in [0, 0.1) is 6.92 Å². The van der Waals surface area contributed by atoms with Gasteiger partial charge in [-0.15, -0.1) is 0 Å². The van der Waals surface area contributed by atoms with Crippen LogP contribution in [0.2, 0.25) is 0 Å². The Labute approximate surface area is 95.6 Å². The average Bonchev–Trinajstić information content (AvgIpc) is 2.30. The zero-order valence-corrected chi connectivity index (χ0v) is 9.44. The first-order chi connectivity index (χ1) is 7.66. The van der Waals surface area contributed by atoms with Crippen molar-refractivity contribution in [2.75, 3.05) is 18.0 Å². The van der Waals surface area contributed by atoms with Crippen LogP contribution < -0.4 is 10.6 Å². The Bertz CT molecular complexity index is 420. The monoisotopic (exact) mass is 216 g/mol.